The Morgan fingerprint density at radius 2 is 1.43 bits per heavy atom. The minimum atomic E-state index is -0.729. The number of methoxy groups -OCH3 is 1. The molecule has 6 nitrogen and oxygen atoms in total. The number of rotatable bonds is 8. The quantitative estimate of drug-likeness (QED) is 0.657. The van der Waals surface area contributed by atoms with E-state index in [0.717, 1.165) is 11.1 Å². The molecule has 5 atom stereocenters. The summed E-state index contributed by atoms with van der Waals surface area (Å²) in [6.45, 7) is 5.14. The van der Waals surface area contributed by atoms with Gasteiger partial charge in [-0.15, -0.1) is 0 Å². The van der Waals surface area contributed by atoms with Gasteiger partial charge in [-0.1, -0.05) is 60.7 Å². The summed E-state index contributed by atoms with van der Waals surface area (Å²) in [5.74, 6) is -0.729. The van der Waals surface area contributed by atoms with Crippen LogP contribution in [0, 0.1) is 0 Å². The third kappa shape index (κ3) is 5.09. The van der Waals surface area contributed by atoms with Crippen molar-refractivity contribution >= 4 is 0 Å². The maximum Gasteiger partial charge on any atom is 0.186 e. The van der Waals surface area contributed by atoms with Crippen molar-refractivity contribution in [1.29, 1.82) is 0 Å². The Labute approximate surface area is 178 Å². The van der Waals surface area contributed by atoms with E-state index >= 15 is 0 Å². The molecular weight excluding hydrogens is 384 g/mol. The molecule has 0 bridgehead atoms. The molecule has 2 aromatic carbocycles. The van der Waals surface area contributed by atoms with Gasteiger partial charge in [-0.2, -0.15) is 0 Å². The highest BCUT2D eigenvalue weighted by molar-refractivity contribution is 5.14. The Balaban J connectivity index is 1.43. The maximum absolute atomic E-state index is 6.22. The van der Waals surface area contributed by atoms with E-state index in [1.165, 1.54) is 0 Å². The second kappa shape index (κ2) is 9.56. The molecule has 2 aliphatic rings. The van der Waals surface area contributed by atoms with Crippen LogP contribution in [-0.2, 0) is 41.6 Å². The molecule has 0 saturated carbocycles. The highest BCUT2D eigenvalue weighted by Crippen LogP contribution is 2.39. The molecule has 0 spiro atoms. The lowest BCUT2D eigenvalue weighted by molar-refractivity contribution is -0.288. The van der Waals surface area contributed by atoms with E-state index in [1.807, 2.05) is 74.5 Å². The summed E-state index contributed by atoms with van der Waals surface area (Å²) in [6, 6.07) is 20.1. The monoisotopic (exact) mass is 414 g/mol. The van der Waals surface area contributed by atoms with Gasteiger partial charge in [-0.25, -0.2) is 0 Å². The molecular formula is C24H30O6. The number of hydrogen-bond donors (Lipinski definition) is 0. The topological polar surface area (TPSA) is 55.4 Å². The first-order chi connectivity index (χ1) is 14.6. The normalized spacial score (nSPS) is 30.2. The van der Waals surface area contributed by atoms with E-state index in [-0.39, 0.29) is 18.3 Å². The van der Waals surface area contributed by atoms with Gasteiger partial charge >= 0.3 is 0 Å². The van der Waals surface area contributed by atoms with Crippen molar-refractivity contribution < 1.29 is 28.4 Å². The van der Waals surface area contributed by atoms with Gasteiger partial charge in [0.15, 0.2) is 12.1 Å². The lowest BCUT2D eigenvalue weighted by Crippen LogP contribution is -2.58. The van der Waals surface area contributed by atoms with E-state index in [1.54, 1.807) is 7.11 Å². The van der Waals surface area contributed by atoms with Crippen molar-refractivity contribution in [3.8, 4) is 0 Å². The molecule has 2 heterocycles. The van der Waals surface area contributed by atoms with Crippen molar-refractivity contribution in [2.75, 3.05) is 13.7 Å². The molecule has 30 heavy (non-hydrogen) atoms. The van der Waals surface area contributed by atoms with Gasteiger partial charge in [0.05, 0.1) is 19.8 Å². The molecule has 0 amide bonds. The fraction of sp³-hybridized carbons (Fsp3) is 0.500. The van der Waals surface area contributed by atoms with E-state index in [9.17, 15) is 0 Å². The Bertz CT molecular complexity index is 781. The second-order valence-electron chi connectivity index (χ2n) is 8.11. The van der Waals surface area contributed by atoms with Crippen LogP contribution in [0.3, 0.4) is 0 Å². The Morgan fingerprint density at radius 3 is 2.07 bits per heavy atom. The van der Waals surface area contributed by atoms with Crippen LogP contribution in [0.1, 0.15) is 25.0 Å². The molecule has 0 radical (unpaired) electrons. The molecule has 2 fully saturated rings. The fourth-order valence-corrected chi connectivity index (χ4v) is 3.97. The predicted octanol–water partition coefficient (Wildman–Crippen LogP) is 3.68. The molecule has 4 rings (SSSR count). The molecule has 6 heteroatoms. The van der Waals surface area contributed by atoms with E-state index in [0.29, 0.717) is 19.8 Å². The summed E-state index contributed by atoms with van der Waals surface area (Å²) in [5.41, 5.74) is 2.19. The van der Waals surface area contributed by atoms with Crippen LogP contribution in [0.2, 0.25) is 0 Å². The Hall–Kier alpha value is -1.80. The van der Waals surface area contributed by atoms with Gasteiger partial charge in [0.1, 0.15) is 24.4 Å². The van der Waals surface area contributed by atoms with Gasteiger partial charge in [-0.05, 0) is 25.0 Å². The van der Waals surface area contributed by atoms with Gasteiger partial charge in [0.25, 0.3) is 0 Å². The van der Waals surface area contributed by atoms with Crippen LogP contribution in [0.25, 0.3) is 0 Å². The van der Waals surface area contributed by atoms with E-state index in [2.05, 4.69) is 0 Å². The SMILES string of the molecule is CO[C@@H]1O[C@H](COCc2ccccc2)[C@@H]2OC(C)(C)O[C@@H]2[C@H]1OCc1ccccc1. The smallest absolute Gasteiger partial charge is 0.186 e. The first-order valence-corrected chi connectivity index (χ1v) is 10.4. The molecule has 0 aliphatic carbocycles. The van der Waals surface area contributed by atoms with Gasteiger partial charge in [0, 0.05) is 7.11 Å². The average Bonchev–Trinajstić information content (AvgIpc) is 3.09. The maximum atomic E-state index is 6.22. The molecule has 0 aromatic heterocycles. The second-order valence-corrected chi connectivity index (χ2v) is 8.11. The molecule has 2 saturated heterocycles. The number of ether oxygens (including phenoxy) is 6. The van der Waals surface area contributed by atoms with Crippen LogP contribution in [0.15, 0.2) is 60.7 Å². The van der Waals surface area contributed by atoms with Crippen LogP contribution >= 0.6 is 0 Å². The van der Waals surface area contributed by atoms with Crippen LogP contribution in [0.4, 0.5) is 0 Å². The van der Waals surface area contributed by atoms with Crippen molar-refractivity contribution in [1.82, 2.24) is 0 Å². The summed E-state index contributed by atoms with van der Waals surface area (Å²) in [7, 11) is 1.62. The Morgan fingerprint density at radius 1 is 0.833 bits per heavy atom. The lowest BCUT2D eigenvalue weighted by atomic mass is 9.99. The lowest BCUT2D eigenvalue weighted by Gasteiger charge is -2.41. The third-order valence-corrected chi connectivity index (χ3v) is 5.34. The molecule has 0 unspecified atom stereocenters. The standard InChI is InChI=1S/C24H30O6/c1-24(2)29-20-19(16-26-14-17-10-6-4-7-11-17)28-23(25-3)22(21(20)30-24)27-15-18-12-8-5-9-13-18/h4-13,19-23H,14-16H2,1-3H3/t19-,20+,21+,22-,23-/m1/s1. The van der Waals surface area contributed by atoms with Gasteiger partial charge in [-0.3, -0.25) is 0 Å². The predicted molar refractivity (Wildman–Crippen MR) is 111 cm³/mol. The molecule has 2 aliphatic heterocycles. The van der Waals surface area contributed by atoms with Crippen molar-refractivity contribution in [3.05, 3.63) is 71.8 Å². The minimum absolute atomic E-state index is 0.303. The zero-order chi connectivity index (χ0) is 21.0. The number of benzene rings is 2. The van der Waals surface area contributed by atoms with Gasteiger partial charge in [0.2, 0.25) is 0 Å². The van der Waals surface area contributed by atoms with Crippen LogP contribution < -0.4 is 0 Å². The largest absolute Gasteiger partial charge is 0.374 e. The van der Waals surface area contributed by atoms with Crippen LogP contribution in [0.5, 0.6) is 0 Å². The fourth-order valence-electron chi connectivity index (χ4n) is 3.97. The summed E-state index contributed by atoms with van der Waals surface area (Å²) >= 11 is 0. The number of hydrogen-bond acceptors (Lipinski definition) is 6. The highest BCUT2D eigenvalue weighted by Gasteiger charge is 2.56. The minimum Gasteiger partial charge on any atom is -0.374 e. The zero-order valence-electron chi connectivity index (χ0n) is 17.7. The van der Waals surface area contributed by atoms with E-state index in [4.69, 9.17) is 28.4 Å². The van der Waals surface area contributed by atoms with Crippen molar-refractivity contribution in [3.63, 3.8) is 0 Å². The first-order valence-electron chi connectivity index (χ1n) is 10.4. The average molecular weight is 414 g/mol. The molecule has 2 aromatic rings. The van der Waals surface area contributed by atoms with E-state index < -0.39 is 18.2 Å². The summed E-state index contributed by atoms with van der Waals surface area (Å²) in [4.78, 5) is 0. The molecule has 0 N–H and O–H groups in total. The summed E-state index contributed by atoms with van der Waals surface area (Å²) in [6.07, 6.45) is -1.91. The first kappa shape index (κ1) is 21.4. The van der Waals surface area contributed by atoms with Crippen molar-refractivity contribution in [2.24, 2.45) is 0 Å². The number of fused-ring (bicyclic) bond motifs is 1. The Kier molecular flexibility index (Phi) is 6.83. The van der Waals surface area contributed by atoms with Crippen molar-refractivity contribution in [2.45, 2.75) is 63.6 Å². The van der Waals surface area contributed by atoms with Gasteiger partial charge < -0.3 is 28.4 Å². The third-order valence-electron chi connectivity index (χ3n) is 5.34. The summed E-state index contributed by atoms with van der Waals surface area (Å²) in [5, 5.41) is 0. The molecule has 162 valence electrons. The van der Waals surface area contributed by atoms with Crippen LogP contribution in [-0.4, -0.2) is 50.2 Å². The zero-order valence-corrected chi connectivity index (χ0v) is 17.7. The highest BCUT2D eigenvalue weighted by atomic mass is 16.8. The summed E-state index contributed by atoms with van der Waals surface area (Å²) < 4.78 is 36.4.